The highest BCUT2D eigenvalue weighted by molar-refractivity contribution is 5.67. The maximum absolute atomic E-state index is 11.2. The molecule has 1 spiro atoms. The van der Waals surface area contributed by atoms with E-state index < -0.39 is 5.97 Å². The van der Waals surface area contributed by atoms with Gasteiger partial charge in [-0.3, -0.25) is 4.79 Å². The van der Waals surface area contributed by atoms with E-state index in [1.54, 1.807) is 6.07 Å². The van der Waals surface area contributed by atoms with Crippen molar-refractivity contribution in [1.29, 1.82) is 0 Å². The fourth-order valence-corrected chi connectivity index (χ4v) is 4.02. The van der Waals surface area contributed by atoms with Gasteiger partial charge in [-0.25, -0.2) is 0 Å². The first-order valence-electron chi connectivity index (χ1n) is 7.24. The Morgan fingerprint density at radius 1 is 1.35 bits per heavy atom. The molecular formula is C16H20O4. The Hall–Kier alpha value is -1.55. The van der Waals surface area contributed by atoms with E-state index in [2.05, 4.69) is 0 Å². The second-order valence-electron chi connectivity index (χ2n) is 5.94. The minimum atomic E-state index is -0.719. The van der Waals surface area contributed by atoms with Gasteiger partial charge in [-0.1, -0.05) is 6.07 Å². The van der Waals surface area contributed by atoms with Crippen LogP contribution in [0.2, 0.25) is 0 Å². The minimum absolute atomic E-state index is 0.0854. The van der Waals surface area contributed by atoms with Gasteiger partial charge in [0.05, 0.1) is 0 Å². The van der Waals surface area contributed by atoms with Crippen molar-refractivity contribution in [3.05, 3.63) is 29.3 Å². The number of carbonyl (C=O) groups is 1. The van der Waals surface area contributed by atoms with Crippen LogP contribution in [0, 0.1) is 5.92 Å². The van der Waals surface area contributed by atoms with Crippen LogP contribution in [0.25, 0.3) is 0 Å². The van der Waals surface area contributed by atoms with Gasteiger partial charge in [0.1, 0.15) is 5.75 Å². The van der Waals surface area contributed by atoms with Crippen molar-refractivity contribution in [3.8, 4) is 5.75 Å². The zero-order chi connectivity index (χ0) is 14.2. The standard InChI is InChI=1S/C16H20O4/c17-13-3-4-14-11(9-13)1-2-12(10-15(18)19)16(14)5-7-20-8-6-16/h3-4,9,12,17H,1-2,5-8,10H2,(H,18,19). The number of aliphatic carboxylic acids is 1. The Balaban J connectivity index is 2.04. The molecule has 0 bridgehead atoms. The van der Waals surface area contributed by atoms with Crippen LogP contribution in [0.4, 0.5) is 0 Å². The second-order valence-corrected chi connectivity index (χ2v) is 5.94. The fourth-order valence-electron chi connectivity index (χ4n) is 4.02. The molecule has 108 valence electrons. The van der Waals surface area contributed by atoms with E-state index in [-0.39, 0.29) is 17.8 Å². The zero-order valence-electron chi connectivity index (χ0n) is 11.5. The van der Waals surface area contributed by atoms with Gasteiger partial charge in [0.15, 0.2) is 0 Å². The number of carboxylic acid groups (broad SMARTS) is 1. The van der Waals surface area contributed by atoms with Crippen LogP contribution in [0.3, 0.4) is 0 Å². The molecule has 0 radical (unpaired) electrons. The molecule has 3 rings (SSSR count). The third-order valence-corrected chi connectivity index (χ3v) is 4.97. The van der Waals surface area contributed by atoms with Gasteiger partial charge in [-0.2, -0.15) is 0 Å². The molecule has 4 heteroatoms. The summed E-state index contributed by atoms with van der Waals surface area (Å²) in [6.45, 7) is 1.38. The molecule has 1 heterocycles. The highest BCUT2D eigenvalue weighted by Gasteiger charge is 2.45. The number of fused-ring (bicyclic) bond motifs is 2. The molecule has 1 atom stereocenters. The van der Waals surface area contributed by atoms with Gasteiger partial charge in [0.2, 0.25) is 0 Å². The van der Waals surface area contributed by atoms with Crippen LogP contribution in [-0.2, 0) is 21.4 Å². The van der Waals surface area contributed by atoms with E-state index in [4.69, 9.17) is 4.74 Å². The third kappa shape index (κ3) is 2.18. The summed E-state index contributed by atoms with van der Waals surface area (Å²) in [5.74, 6) is -0.258. The first-order chi connectivity index (χ1) is 9.62. The molecule has 1 aliphatic heterocycles. The lowest BCUT2D eigenvalue weighted by molar-refractivity contribution is -0.139. The number of rotatable bonds is 2. The van der Waals surface area contributed by atoms with Crippen molar-refractivity contribution in [2.24, 2.45) is 5.92 Å². The van der Waals surface area contributed by atoms with Crippen molar-refractivity contribution >= 4 is 5.97 Å². The number of phenolic OH excluding ortho intramolecular Hbond substituents is 1. The lowest BCUT2D eigenvalue weighted by Gasteiger charge is -2.47. The first-order valence-corrected chi connectivity index (χ1v) is 7.24. The number of carboxylic acids is 1. The molecule has 1 saturated heterocycles. The molecule has 2 aliphatic rings. The van der Waals surface area contributed by atoms with E-state index in [0.717, 1.165) is 25.7 Å². The lowest BCUT2D eigenvalue weighted by Crippen LogP contribution is -2.44. The monoisotopic (exact) mass is 276 g/mol. The number of aryl methyl sites for hydroxylation is 1. The van der Waals surface area contributed by atoms with Crippen molar-refractivity contribution in [1.82, 2.24) is 0 Å². The van der Waals surface area contributed by atoms with E-state index in [1.807, 2.05) is 12.1 Å². The predicted octanol–water partition coefficient (Wildman–Crippen LogP) is 2.48. The summed E-state index contributed by atoms with van der Waals surface area (Å²) in [4.78, 5) is 11.2. The summed E-state index contributed by atoms with van der Waals surface area (Å²) < 4.78 is 5.49. The highest BCUT2D eigenvalue weighted by Crippen LogP contribution is 2.49. The van der Waals surface area contributed by atoms with E-state index in [9.17, 15) is 15.0 Å². The van der Waals surface area contributed by atoms with E-state index in [1.165, 1.54) is 11.1 Å². The first kappa shape index (κ1) is 13.4. The minimum Gasteiger partial charge on any atom is -0.508 e. The number of hydrogen-bond acceptors (Lipinski definition) is 3. The number of phenols is 1. The zero-order valence-corrected chi connectivity index (χ0v) is 11.5. The molecule has 0 aromatic heterocycles. The van der Waals surface area contributed by atoms with Gasteiger partial charge in [-0.15, -0.1) is 0 Å². The van der Waals surface area contributed by atoms with Gasteiger partial charge >= 0.3 is 5.97 Å². The molecular weight excluding hydrogens is 256 g/mol. The van der Waals surface area contributed by atoms with Crippen molar-refractivity contribution in [2.45, 2.75) is 37.5 Å². The maximum atomic E-state index is 11.2. The average molecular weight is 276 g/mol. The summed E-state index contributed by atoms with van der Waals surface area (Å²) in [5.41, 5.74) is 2.32. The van der Waals surface area contributed by atoms with Gasteiger partial charge in [-0.05, 0) is 54.9 Å². The molecule has 1 aromatic carbocycles. The molecule has 1 aromatic rings. The summed E-state index contributed by atoms with van der Waals surface area (Å²) in [7, 11) is 0. The van der Waals surface area contributed by atoms with Crippen molar-refractivity contribution in [3.63, 3.8) is 0 Å². The lowest BCUT2D eigenvalue weighted by atomic mass is 9.58. The van der Waals surface area contributed by atoms with E-state index >= 15 is 0 Å². The van der Waals surface area contributed by atoms with Gasteiger partial charge < -0.3 is 14.9 Å². The summed E-state index contributed by atoms with van der Waals surface area (Å²) in [6, 6.07) is 5.55. The van der Waals surface area contributed by atoms with Gasteiger partial charge in [0.25, 0.3) is 0 Å². The predicted molar refractivity (Wildman–Crippen MR) is 73.9 cm³/mol. The maximum Gasteiger partial charge on any atom is 0.303 e. The molecule has 1 unspecified atom stereocenters. The quantitative estimate of drug-likeness (QED) is 0.871. The fraction of sp³-hybridized carbons (Fsp3) is 0.562. The Kier molecular flexibility index (Phi) is 3.42. The van der Waals surface area contributed by atoms with Crippen LogP contribution in [0.1, 0.15) is 36.8 Å². The number of aromatic hydroxyl groups is 1. The average Bonchev–Trinajstić information content (AvgIpc) is 2.43. The molecule has 2 N–H and O–H groups in total. The molecule has 1 fully saturated rings. The molecule has 20 heavy (non-hydrogen) atoms. The van der Waals surface area contributed by atoms with Crippen LogP contribution < -0.4 is 0 Å². The summed E-state index contributed by atoms with van der Waals surface area (Å²) in [6.07, 6.45) is 3.71. The number of ether oxygens (including phenoxy) is 1. The summed E-state index contributed by atoms with van der Waals surface area (Å²) in [5, 5.41) is 18.9. The molecule has 0 amide bonds. The highest BCUT2D eigenvalue weighted by atomic mass is 16.5. The molecule has 4 nitrogen and oxygen atoms in total. The van der Waals surface area contributed by atoms with E-state index in [0.29, 0.717) is 19.0 Å². The summed E-state index contributed by atoms with van der Waals surface area (Å²) >= 11 is 0. The Morgan fingerprint density at radius 3 is 2.80 bits per heavy atom. The number of hydrogen-bond donors (Lipinski definition) is 2. The smallest absolute Gasteiger partial charge is 0.303 e. The topological polar surface area (TPSA) is 66.8 Å². The second kappa shape index (κ2) is 5.09. The van der Waals surface area contributed by atoms with Crippen LogP contribution >= 0.6 is 0 Å². The van der Waals surface area contributed by atoms with Gasteiger partial charge in [0, 0.05) is 25.0 Å². The van der Waals surface area contributed by atoms with Crippen molar-refractivity contribution in [2.75, 3.05) is 13.2 Å². The third-order valence-electron chi connectivity index (χ3n) is 4.97. The molecule has 1 aliphatic carbocycles. The molecule has 0 saturated carbocycles. The Bertz CT molecular complexity index is 517. The Labute approximate surface area is 118 Å². The SMILES string of the molecule is O=C(O)CC1CCc2cc(O)ccc2C12CCOCC2. The normalized spacial score (nSPS) is 24.3. The Morgan fingerprint density at radius 2 is 2.10 bits per heavy atom. The van der Waals surface area contributed by atoms with Crippen LogP contribution in [-0.4, -0.2) is 29.4 Å². The van der Waals surface area contributed by atoms with Crippen molar-refractivity contribution < 1.29 is 19.7 Å². The van der Waals surface area contributed by atoms with Crippen LogP contribution in [0.5, 0.6) is 5.75 Å². The largest absolute Gasteiger partial charge is 0.508 e. The number of benzene rings is 1. The van der Waals surface area contributed by atoms with Crippen LogP contribution in [0.15, 0.2) is 18.2 Å².